The molecule has 1 aromatic rings. The van der Waals surface area contributed by atoms with Crippen LogP contribution in [0.25, 0.3) is 0 Å². The second-order valence-electron chi connectivity index (χ2n) is 9.99. The van der Waals surface area contributed by atoms with Crippen molar-refractivity contribution in [3.8, 4) is 5.75 Å². The fourth-order valence-electron chi connectivity index (χ4n) is 3.29. The molecular weight excluding hydrogens is 438 g/mol. The van der Waals surface area contributed by atoms with Gasteiger partial charge >= 0.3 is 6.09 Å². The van der Waals surface area contributed by atoms with E-state index in [4.69, 9.17) is 4.74 Å². The minimum atomic E-state index is -0.976. The van der Waals surface area contributed by atoms with E-state index in [9.17, 15) is 24.6 Å². The van der Waals surface area contributed by atoms with Crippen molar-refractivity contribution in [3.63, 3.8) is 0 Å². The predicted octanol–water partition coefficient (Wildman–Crippen LogP) is 2.49. The minimum absolute atomic E-state index is 0.0908. The number of aliphatic hydroxyl groups excluding tert-OH is 1. The Morgan fingerprint density at radius 1 is 1.03 bits per heavy atom. The van der Waals surface area contributed by atoms with E-state index in [1.807, 2.05) is 13.8 Å². The van der Waals surface area contributed by atoms with Gasteiger partial charge in [-0.2, -0.15) is 0 Å². The molecule has 192 valence electrons. The van der Waals surface area contributed by atoms with Gasteiger partial charge in [0.2, 0.25) is 11.8 Å². The van der Waals surface area contributed by atoms with Gasteiger partial charge in [0, 0.05) is 6.04 Å². The lowest BCUT2D eigenvalue weighted by molar-refractivity contribution is -0.133. The average Bonchev–Trinajstić information content (AvgIpc) is 2.74. The zero-order chi connectivity index (χ0) is 26.1. The molecule has 0 radical (unpaired) electrons. The first-order valence-corrected chi connectivity index (χ1v) is 11.8. The van der Waals surface area contributed by atoms with Crippen molar-refractivity contribution in [3.05, 3.63) is 29.8 Å². The van der Waals surface area contributed by atoms with E-state index in [1.165, 1.54) is 12.1 Å². The molecule has 5 N–H and O–H groups in total. The second kappa shape index (κ2) is 13.3. The van der Waals surface area contributed by atoms with Crippen molar-refractivity contribution < 1.29 is 29.3 Å². The quantitative estimate of drug-likeness (QED) is 0.329. The highest BCUT2D eigenvalue weighted by molar-refractivity contribution is 6.01. The Morgan fingerprint density at radius 2 is 1.62 bits per heavy atom. The first kappa shape index (κ1) is 29.4. The van der Waals surface area contributed by atoms with Crippen molar-refractivity contribution in [1.29, 1.82) is 0 Å². The number of amides is 3. The Kier molecular flexibility index (Phi) is 11.5. The van der Waals surface area contributed by atoms with Crippen LogP contribution < -0.4 is 16.0 Å². The number of carbonyl (C=O) groups excluding carboxylic acids is 3. The van der Waals surface area contributed by atoms with E-state index in [0.29, 0.717) is 0 Å². The number of nitrogens with one attached hydrogen (secondary N) is 3. The third-order valence-electron chi connectivity index (χ3n) is 5.50. The molecule has 0 aliphatic rings. The van der Waals surface area contributed by atoms with Crippen molar-refractivity contribution in [2.24, 2.45) is 11.8 Å². The Morgan fingerprint density at radius 3 is 2.09 bits per heavy atom. The van der Waals surface area contributed by atoms with Crippen LogP contribution in [0.2, 0.25) is 0 Å². The molecule has 0 fully saturated rings. The van der Waals surface area contributed by atoms with E-state index in [-0.39, 0.29) is 36.7 Å². The average molecular weight is 480 g/mol. The molecule has 0 saturated heterocycles. The number of aliphatic hydroxyl groups is 1. The molecule has 2 unspecified atom stereocenters. The van der Waals surface area contributed by atoms with Crippen LogP contribution in [0, 0.1) is 11.8 Å². The Balaban J connectivity index is 3.03. The SMILES string of the molecule is CCC(C)C(CO)N[C@@H](Cc1ccc(O)cc1)C(=O)NC(=O)[C@@H](NC(=O)OC(C)(C)C)C(C)C. The number of alkyl carbamates (subject to hydrolysis) is 1. The normalized spacial score (nSPS) is 15.2. The first-order chi connectivity index (χ1) is 15.8. The lowest BCUT2D eigenvalue weighted by Gasteiger charge is -2.29. The summed E-state index contributed by atoms with van der Waals surface area (Å²) in [7, 11) is 0. The maximum absolute atomic E-state index is 13.2. The number of ether oxygens (including phenoxy) is 1. The van der Waals surface area contributed by atoms with Gasteiger partial charge < -0.3 is 25.6 Å². The molecule has 0 heterocycles. The molecule has 4 atom stereocenters. The number of phenolic OH excluding ortho intramolecular Hbond substituents is 1. The molecule has 9 heteroatoms. The Bertz CT molecular complexity index is 804. The molecule has 9 nitrogen and oxygen atoms in total. The maximum atomic E-state index is 13.2. The molecule has 1 rings (SSSR count). The highest BCUT2D eigenvalue weighted by Crippen LogP contribution is 2.14. The van der Waals surface area contributed by atoms with E-state index >= 15 is 0 Å². The monoisotopic (exact) mass is 479 g/mol. The zero-order valence-electron chi connectivity index (χ0n) is 21.3. The molecule has 0 saturated carbocycles. The van der Waals surface area contributed by atoms with Crippen LogP contribution in [0.15, 0.2) is 24.3 Å². The number of imide groups is 1. The molecule has 3 amide bonds. The van der Waals surface area contributed by atoms with E-state index in [0.717, 1.165) is 12.0 Å². The topological polar surface area (TPSA) is 137 Å². The van der Waals surface area contributed by atoms with Gasteiger partial charge in [-0.25, -0.2) is 4.79 Å². The number of aromatic hydroxyl groups is 1. The zero-order valence-corrected chi connectivity index (χ0v) is 21.3. The lowest BCUT2D eigenvalue weighted by Crippen LogP contribution is -2.57. The lowest BCUT2D eigenvalue weighted by atomic mass is 9.96. The van der Waals surface area contributed by atoms with Gasteiger partial charge in [0.1, 0.15) is 17.4 Å². The molecule has 34 heavy (non-hydrogen) atoms. The van der Waals surface area contributed by atoms with Crippen molar-refractivity contribution >= 4 is 17.9 Å². The van der Waals surface area contributed by atoms with Crippen LogP contribution in [-0.4, -0.2) is 58.5 Å². The highest BCUT2D eigenvalue weighted by atomic mass is 16.6. The Labute approximate surface area is 202 Å². The summed E-state index contributed by atoms with van der Waals surface area (Å²) >= 11 is 0. The molecular formula is C25H41N3O6. The van der Waals surface area contributed by atoms with Crippen molar-refractivity contribution in [2.75, 3.05) is 6.61 Å². The van der Waals surface area contributed by atoms with Gasteiger partial charge in [0.25, 0.3) is 0 Å². The van der Waals surface area contributed by atoms with Gasteiger partial charge in [-0.1, -0.05) is 46.2 Å². The third-order valence-corrected chi connectivity index (χ3v) is 5.50. The van der Waals surface area contributed by atoms with Gasteiger partial charge in [-0.05, 0) is 56.7 Å². The first-order valence-electron chi connectivity index (χ1n) is 11.8. The predicted molar refractivity (Wildman–Crippen MR) is 130 cm³/mol. The molecule has 1 aromatic carbocycles. The van der Waals surface area contributed by atoms with Crippen molar-refractivity contribution in [2.45, 2.75) is 85.0 Å². The molecule has 0 bridgehead atoms. The van der Waals surface area contributed by atoms with Crippen molar-refractivity contribution in [1.82, 2.24) is 16.0 Å². The van der Waals surface area contributed by atoms with Gasteiger partial charge in [-0.15, -0.1) is 0 Å². The van der Waals surface area contributed by atoms with E-state index < -0.39 is 35.6 Å². The van der Waals surface area contributed by atoms with Crippen LogP contribution in [0.5, 0.6) is 5.75 Å². The van der Waals surface area contributed by atoms with Gasteiger partial charge in [0.15, 0.2) is 0 Å². The summed E-state index contributed by atoms with van der Waals surface area (Å²) in [6.07, 6.45) is 0.280. The summed E-state index contributed by atoms with van der Waals surface area (Å²) in [5, 5.41) is 27.5. The summed E-state index contributed by atoms with van der Waals surface area (Å²) in [4.78, 5) is 38.3. The summed E-state index contributed by atoms with van der Waals surface area (Å²) in [5.41, 5.74) is 0.0396. The number of phenols is 1. The molecule has 0 aliphatic heterocycles. The number of hydrogen-bond acceptors (Lipinski definition) is 7. The summed E-state index contributed by atoms with van der Waals surface area (Å²) < 4.78 is 5.24. The van der Waals surface area contributed by atoms with Gasteiger partial charge in [-0.3, -0.25) is 14.9 Å². The fraction of sp³-hybridized carbons (Fsp3) is 0.640. The summed E-state index contributed by atoms with van der Waals surface area (Å²) in [6.45, 7) is 12.4. The third kappa shape index (κ3) is 10.1. The van der Waals surface area contributed by atoms with Crippen LogP contribution in [0.4, 0.5) is 4.79 Å². The van der Waals surface area contributed by atoms with E-state index in [1.54, 1.807) is 46.8 Å². The Hall–Kier alpha value is -2.65. The van der Waals surface area contributed by atoms with Crippen LogP contribution in [0.1, 0.15) is 60.5 Å². The second-order valence-corrected chi connectivity index (χ2v) is 9.99. The molecule has 0 aromatic heterocycles. The highest BCUT2D eigenvalue weighted by Gasteiger charge is 2.31. The van der Waals surface area contributed by atoms with Crippen LogP contribution in [0.3, 0.4) is 0 Å². The minimum Gasteiger partial charge on any atom is -0.508 e. The summed E-state index contributed by atoms with van der Waals surface area (Å²) in [6, 6.07) is 4.27. The van der Waals surface area contributed by atoms with Crippen LogP contribution >= 0.6 is 0 Å². The maximum Gasteiger partial charge on any atom is 0.408 e. The number of benzene rings is 1. The molecule has 0 aliphatic carbocycles. The largest absolute Gasteiger partial charge is 0.508 e. The fourth-order valence-corrected chi connectivity index (χ4v) is 3.29. The number of carbonyl (C=O) groups is 3. The number of rotatable bonds is 11. The molecule has 0 spiro atoms. The standard InChI is InChI=1S/C25H41N3O6/c1-8-16(4)20(14-29)26-19(13-17-9-11-18(30)12-10-17)22(31)28-23(32)21(15(2)3)27-24(33)34-25(5,6)7/h9-12,15-16,19-21,26,29-30H,8,13-14H2,1-7H3,(H,27,33)(H,28,31,32)/t16?,19-,20?,21-/m0/s1. The van der Waals surface area contributed by atoms with E-state index in [2.05, 4.69) is 16.0 Å². The summed E-state index contributed by atoms with van der Waals surface area (Å²) in [5.74, 6) is -1.32. The van der Waals surface area contributed by atoms with Gasteiger partial charge in [0.05, 0.1) is 12.6 Å². The number of hydrogen-bond donors (Lipinski definition) is 5. The van der Waals surface area contributed by atoms with Crippen LogP contribution in [-0.2, 0) is 20.7 Å². The smallest absolute Gasteiger partial charge is 0.408 e.